The Hall–Kier alpha value is -2.69. The summed E-state index contributed by atoms with van der Waals surface area (Å²) in [7, 11) is 0. The highest BCUT2D eigenvalue weighted by molar-refractivity contribution is 5.80. The Morgan fingerprint density at radius 2 is 1.73 bits per heavy atom. The zero-order valence-corrected chi connectivity index (χ0v) is 14.7. The lowest BCUT2D eigenvalue weighted by molar-refractivity contribution is -0.132. The molecule has 0 unspecified atom stereocenters. The number of amides is 2. The standard InChI is InChI=1S/C21H23FN2O2/c22-19-9-5-4-8-17(19)15-24(18-10-11-18)21(26)12-13-23-20(25)14-16-6-2-1-3-7-16/h1-9,18H,10-15H2,(H,23,25). The van der Waals surface area contributed by atoms with Gasteiger partial charge >= 0.3 is 0 Å². The summed E-state index contributed by atoms with van der Waals surface area (Å²) < 4.78 is 13.9. The molecule has 0 radical (unpaired) electrons. The highest BCUT2D eigenvalue weighted by Gasteiger charge is 2.32. The summed E-state index contributed by atoms with van der Waals surface area (Å²) in [6, 6.07) is 16.2. The molecule has 26 heavy (non-hydrogen) atoms. The summed E-state index contributed by atoms with van der Waals surface area (Å²) in [4.78, 5) is 26.2. The van der Waals surface area contributed by atoms with E-state index in [-0.39, 0.29) is 36.6 Å². The smallest absolute Gasteiger partial charge is 0.224 e. The van der Waals surface area contributed by atoms with Crippen LogP contribution < -0.4 is 5.32 Å². The van der Waals surface area contributed by atoms with Gasteiger partial charge in [0.1, 0.15) is 5.82 Å². The molecule has 0 atom stereocenters. The van der Waals surface area contributed by atoms with Crippen LogP contribution in [-0.4, -0.2) is 29.3 Å². The number of hydrogen-bond donors (Lipinski definition) is 1. The number of carbonyl (C=O) groups excluding carboxylic acids is 2. The second-order valence-electron chi connectivity index (χ2n) is 6.61. The molecule has 0 spiro atoms. The first-order valence-electron chi connectivity index (χ1n) is 8.97. The Kier molecular flexibility index (Phi) is 6.00. The molecule has 2 aromatic rings. The van der Waals surface area contributed by atoms with Crippen LogP contribution in [0.4, 0.5) is 4.39 Å². The molecule has 2 aromatic carbocycles. The molecule has 0 aromatic heterocycles. The lowest BCUT2D eigenvalue weighted by Crippen LogP contribution is -2.36. The zero-order valence-electron chi connectivity index (χ0n) is 14.7. The third kappa shape index (κ3) is 5.15. The highest BCUT2D eigenvalue weighted by Crippen LogP contribution is 2.29. The average Bonchev–Trinajstić information content (AvgIpc) is 3.46. The van der Waals surface area contributed by atoms with Crippen LogP contribution in [0.25, 0.3) is 0 Å². The number of nitrogens with one attached hydrogen (secondary N) is 1. The molecule has 136 valence electrons. The maximum atomic E-state index is 13.9. The quantitative estimate of drug-likeness (QED) is 0.792. The molecule has 1 saturated carbocycles. The van der Waals surface area contributed by atoms with Crippen LogP contribution >= 0.6 is 0 Å². The molecule has 0 saturated heterocycles. The van der Waals surface area contributed by atoms with Gasteiger partial charge in [-0.25, -0.2) is 4.39 Å². The van der Waals surface area contributed by atoms with E-state index in [1.807, 2.05) is 30.3 Å². The maximum absolute atomic E-state index is 13.9. The second kappa shape index (κ2) is 8.61. The maximum Gasteiger partial charge on any atom is 0.224 e. The molecule has 1 aliphatic rings. The third-order valence-corrected chi connectivity index (χ3v) is 4.48. The van der Waals surface area contributed by atoms with Crippen molar-refractivity contribution in [2.75, 3.05) is 6.54 Å². The second-order valence-corrected chi connectivity index (χ2v) is 6.61. The average molecular weight is 354 g/mol. The molecule has 1 fully saturated rings. The van der Waals surface area contributed by atoms with Gasteiger partial charge in [0.05, 0.1) is 6.42 Å². The molecule has 1 N–H and O–H groups in total. The van der Waals surface area contributed by atoms with Crippen molar-refractivity contribution in [3.8, 4) is 0 Å². The fraction of sp³-hybridized carbons (Fsp3) is 0.333. The van der Waals surface area contributed by atoms with Crippen molar-refractivity contribution in [1.82, 2.24) is 10.2 Å². The van der Waals surface area contributed by atoms with Crippen molar-refractivity contribution < 1.29 is 14.0 Å². The van der Waals surface area contributed by atoms with Gasteiger partial charge in [-0.05, 0) is 24.5 Å². The molecule has 0 aliphatic heterocycles. The normalized spacial score (nSPS) is 13.3. The Morgan fingerprint density at radius 1 is 1.04 bits per heavy atom. The zero-order chi connectivity index (χ0) is 18.4. The Morgan fingerprint density at radius 3 is 2.42 bits per heavy atom. The van der Waals surface area contributed by atoms with Crippen molar-refractivity contribution in [3.05, 3.63) is 71.5 Å². The van der Waals surface area contributed by atoms with Gasteiger partial charge in [-0.1, -0.05) is 48.5 Å². The van der Waals surface area contributed by atoms with Crippen molar-refractivity contribution >= 4 is 11.8 Å². The van der Waals surface area contributed by atoms with Crippen LogP contribution in [0.1, 0.15) is 30.4 Å². The van der Waals surface area contributed by atoms with Crippen LogP contribution in [0.3, 0.4) is 0 Å². The van der Waals surface area contributed by atoms with Crippen LogP contribution in [0.2, 0.25) is 0 Å². The number of hydrogen-bond acceptors (Lipinski definition) is 2. The van der Waals surface area contributed by atoms with Gasteiger partial charge in [0.15, 0.2) is 0 Å². The third-order valence-electron chi connectivity index (χ3n) is 4.48. The molecule has 5 heteroatoms. The van der Waals surface area contributed by atoms with E-state index in [0.717, 1.165) is 18.4 Å². The number of benzene rings is 2. The Bertz CT molecular complexity index is 760. The summed E-state index contributed by atoms with van der Waals surface area (Å²) in [6.45, 7) is 0.582. The summed E-state index contributed by atoms with van der Waals surface area (Å²) in [5.41, 5.74) is 1.47. The lowest BCUT2D eigenvalue weighted by atomic mass is 10.1. The van der Waals surface area contributed by atoms with Crippen molar-refractivity contribution in [2.24, 2.45) is 0 Å². The molecule has 0 bridgehead atoms. The van der Waals surface area contributed by atoms with Crippen molar-refractivity contribution in [1.29, 1.82) is 0 Å². The first-order chi connectivity index (χ1) is 12.6. The highest BCUT2D eigenvalue weighted by atomic mass is 19.1. The minimum Gasteiger partial charge on any atom is -0.355 e. The van der Waals surface area contributed by atoms with E-state index in [9.17, 15) is 14.0 Å². The van der Waals surface area contributed by atoms with Crippen LogP contribution in [0.15, 0.2) is 54.6 Å². The molecule has 3 rings (SSSR count). The number of rotatable bonds is 8. The molecular weight excluding hydrogens is 331 g/mol. The van der Waals surface area contributed by atoms with Gasteiger partial charge in [-0.2, -0.15) is 0 Å². The SMILES string of the molecule is O=C(Cc1ccccc1)NCCC(=O)N(Cc1ccccc1F)C1CC1. The molecule has 2 amide bonds. The topological polar surface area (TPSA) is 49.4 Å². The molecular formula is C21H23FN2O2. The Labute approximate surface area is 153 Å². The van der Waals surface area contributed by atoms with E-state index in [4.69, 9.17) is 0 Å². The largest absolute Gasteiger partial charge is 0.355 e. The van der Waals surface area contributed by atoms with E-state index in [1.165, 1.54) is 6.07 Å². The van der Waals surface area contributed by atoms with Gasteiger partial charge in [0.25, 0.3) is 0 Å². The van der Waals surface area contributed by atoms with E-state index in [0.29, 0.717) is 18.5 Å². The predicted octanol–water partition coefficient (Wildman–Crippen LogP) is 3.07. The van der Waals surface area contributed by atoms with Gasteiger partial charge in [-0.3, -0.25) is 9.59 Å². The van der Waals surface area contributed by atoms with E-state index >= 15 is 0 Å². The lowest BCUT2D eigenvalue weighted by Gasteiger charge is -2.23. The fourth-order valence-corrected chi connectivity index (χ4v) is 2.91. The van der Waals surface area contributed by atoms with Crippen LogP contribution in [0.5, 0.6) is 0 Å². The number of halogens is 1. The van der Waals surface area contributed by atoms with Gasteiger partial charge in [0.2, 0.25) is 11.8 Å². The molecule has 0 heterocycles. The number of nitrogens with zero attached hydrogens (tertiary/aromatic N) is 1. The summed E-state index contributed by atoms with van der Waals surface area (Å²) in [5, 5.41) is 2.79. The van der Waals surface area contributed by atoms with Gasteiger partial charge in [0, 0.05) is 31.1 Å². The predicted molar refractivity (Wildman–Crippen MR) is 97.7 cm³/mol. The first-order valence-corrected chi connectivity index (χ1v) is 8.97. The van der Waals surface area contributed by atoms with E-state index < -0.39 is 0 Å². The monoisotopic (exact) mass is 354 g/mol. The van der Waals surface area contributed by atoms with Crippen molar-refractivity contribution in [3.63, 3.8) is 0 Å². The summed E-state index contributed by atoms with van der Waals surface area (Å²) in [6.07, 6.45) is 2.45. The minimum atomic E-state index is -0.290. The fourth-order valence-electron chi connectivity index (χ4n) is 2.91. The van der Waals surface area contributed by atoms with Crippen molar-refractivity contribution in [2.45, 2.75) is 38.3 Å². The number of carbonyl (C=O) groups is 2. The summed E-state index contributed by atoms with van der Waals surface area (Å²) in [5.74, 6) is -0.436. The van der Waals surface area contributed by atoms with Crippen LogP contribution in [0, 0.1) is 5.82 Å². The summed E-state index contributed by atoms with van der Waals surface area (Å²) >= 11 is 0. The van der Waals surface area contributed by atoms with Crippen LogP contribution in [-0.2, 0) is 22.6 Å². The molecule has 1 aliphatic carbocycles. The Balaban J connectivity index is 1.48. The minimum absolute atomic E-state index is 0.0456. The van der Waals surface area contributed by atoms with E-state index in [1.54, 1.807) is 23.1 Å². The van der Waals surface area contributed by atoms with Gasteiger partial charge in [-0.15, -0.1) is 0 Å². The first kappa shape index (κ1) is 18.1. The van der Waals surface area contributed by atoms with Gasteiger partial charge < -0.3 is 10.2 Å². The van der Waals surface area contributed by atoms with E-state index in [2.05, 4.69) is 5.32 Å². The molecule has 4 nitrogen and oxygen atoms in total.